The van der Waals surface area contributed by atoms with E-state index in [9.17, 15) is 15.0 Å². The highest BCUT2D eigenvalue weighted by Crippen LogP contribution is 2.20. The predicted molar refractivity (Wildman–Crippen MR) is 74.6 cm³/mol. The number of amides is 1. The maximum absolute atomic E-state index is 11.9. The average molecular weight is 279 g/mol. The summed E-state index contributed by atoms with van der Waals surface area (Å²) in [5.41, 5.74) is 1.15. The van der Waals surface area contributed by atoms with Crippen LogP contribution in [0.15, 0.2) is 24.3 Å². The van der Waals surface area contributed by atoms with E-state index in [4.69, 9.17) is 4.74 Å². The van der Waals surface area contributed by atoms with Gasteiger partial charge in [-0.25, -0.2) is 0 Å². The van der Waals surface area contributed by atoms with Crippen LogP contribution in [-0.4, -0.2) is 52.9 Å². The number of nitrogens with zero attached hydrogens (tertiary/aromatic N) is 1. The molecule has 0 radical (unpaired) electrons. The number of aliphatic hydroxyl groups is 2. The van der Waals surface area contributed by atoms with Crippen LogP contribution in [0.1, 0.15) is 25.3 Å². The standard InChI is InChI=1S/C15H21NO4/c1-10(2)11-4-3-5-12(6-11)20-9-15(19)16-7-13(17)14(18)8-16/h3-6,10,13-14,17-18H,7-9H2,1-2H3/t13-,14+. The van der Waals surface area contributed by atoms with Gasteiger partial charge in [0.15, 0.2) is 6.61 Å². The Morgan fingerprint density at radius 1 is 1.35 bits per heavy atom. The Labute approximate surface area is 118 Å². The highest BCUT2D eigenvalue weighted by Gasteiger charge is 2.32. The Hall–Kier alpha value is -1.59. The normalized spacial score (nSPS) is 22.4. The smallest absolute Gasteiger partial charge is 0.260 e. The lowest BCUT2D eigenvalue weighted by atomic mass is 10.0. The topological polar surface area (TPSA) is 70.0 Å². The third-order valence-corrected chi connectivity index (χ3v) is 3.50. The van der Waals surface area contributed by atoms with Crippen molar-refractivity contribution in [3.05, 3.63) is 29.8 Å². The summed E-state index contributed by atoms with van der Waals surface area (Å²) in [6, 6.07) is 7.66. The largest absolute Gasteiger partial charge is 0.484 e. The molecule has 0 bridgehead atoms. The zero-order chi connectivity index (χ0) is 14.7. The van der Waals surface area contributed by atoms with E-state index in [0.717, 1.165) is 5.56 Å². The Morgan fingerprint density at radius 2 is 2.00 bits per heavy atom. The summed E-state index contributed by atoms with van der Waals surface area (Å²) < 4.78 is 5.49. The molecular weight excluding hydrogens is 258 g/mol. The average Bonchev–Trinajstić information content (AvgIpc) is 2.76. The Morgan fingerprint density at radius 3 is 2.60 bits per heavy atom. The van der Waals surface area contributed by atoms with Crippen molar-refractivity contribution in [1.82, 2.24) is 4.90 Å². The molecule has 0 unspecified atom stereocenters. The molecule has 1 aliphatic heterocycles. The Bertz CT molecular complexity index is 465. The van der Waals surface area contributed by atoms with Gasteiger partial charge in [-0.05, 0) is 23.6 Å². The molecule has 0 spiro atoms. The van der Waals surface area contributed by atoms with E-state index in [0.29, 0.717) is 11.7 Å². The Balaban J connectivity index is 1.89. The maximum Gasteiger partial charge on any atom is 0.260 e. The summed E-state index contributed by atoms with van der Waals surface area (Å²) in [6.07, 6.45) is -1.72. The zero-order valence-corrected chi connectivity index (χ0v) is 11.8. The van der Waals surface area contributed by atoms with Gasteiger partial charge in [-0.1, -0.05) is 26.0 Å². The number of carbonyl (C=O) groups excluding carboxylic acids is 1. The van der Waals surface area contributed by atoms with Crippen molar-refractivity contribution >= 4 is 5.91 Å². The number of benzene rings is 1. The lowest BCUT2D eigenvalue weighted by Gasteiger charge is -2.16. The van der Waals surface area contributed by atoms with Crippen molar-refractivity contribution in [3.63, 3.8) is 0 Å². The molecule has 5 nitrogen and oxygen atoms in total. The second-order valence-electron chi connectivity index (χ2n) is 5.45. The molecule has 1 fully saturated rings. The summed E-state index contributed by atoms with van der Waals surface area (Å²) in [4.78, 5) is 13.3. The molecule has 2 rings (SSSR count). The van der Waals surface area contributed by atoms with Gasteiger partial charge in [-0.2, -0.15) is 0 Å². The van der Waals surface area contributed by atoms with Gasteiger partial charge in [-0.3, -0.25) is 4.79 Å². The van der Waals surface area contributed by atoms with Crippen molar-refractivity contribution in [2.75, 3.05) is 19.7 Å². The summed E-state index contributed by atoms with van der Waals surface area (Å²) in [5, 5.41) is 18.8. The highest BCUT2D eigenvalue weighted by molar-refractivity contribution is 5.78. The number of aliphatic hydroxyl groups excluding tert-OH is 2. The number of hydrogen-bond donors (Lipinski definition) is 2. The molecule has 1 aromatic carbocycles. The molecule has 0 aliphatic carbocycles. The number of carbonyl (C=O) groups is 1. The van der Waals surface area contributed by atoms with Gasteiger partial charge in [0.05, 0.1) is 12.2 Å². The van der Waals surface area contributed by atoms with Crippen LogP contribution >= 0.6 is 0 Å². The van der Waals surface area contributed by atoms with Crippen molar-refractivity contribution in [3.8, 4) is 5.75 Å². The first-order valence-corrected chi connectivity index (χ1v) is 6.84. The van der Waals surface area contributed by atoms with E-state index >= 15 is 0 Å². The maximum atomic E-state index is 11.9. The van der Waals surface area contributed by atoms with E-state index < -0.39 is 12.2 Å². The quantitative estimate of drug-likeness (QED) is 0.853. The van der Waals surface area contributed by atoms with Gasteiger partial charge < -0.3 is 19.8 Å². The minimum atomic E-state index is -0.858. The van der Waals surface area contributed by atoms with Gasteiger partial charge in [-0.15, -0.1) is 0 Å². The number of likely N-dealkylation sites (tertiary alicyclic amines) is 1. The van der Waals surface area contributed by atoms with E-state index in [2.05, 4.69) is 13.8 Å². The summed E-state index contributed by atoms with van der Waals surface area (Å²) in [7, 11) is 0. The number of rotatable bonds is 4. The minimum Gasteiger partial charge on any atom is -0.484 e. The predicted octanol–water partition coefficient (Wildman–Crippen LogP) is 0.753. The molecule has 1 amide bonds. The van der Waals surface area contributed by atoms with Crippen LogP contribution in [0.5, 0.6) is 5.75 Å². The van der Waals surface area contributed by atoms with E-state index in [1.807, 2.05) is 24.3 Å². The van der Waals surface area contributed by atoms with Crippen LogP contribution in [0.4, 0.5) is 0 Å². The van der Waals surface area contributed by atoms with Crippen molar-refractivity contribution < 1.29 is 19.7 Å². The van der Waals surface area contributed by atoms with Crippen molar-refractivity contribution in [1.29, 1.82) is 0 Å². The fourth-order valence-electron chi connectivity index (χ4n) is 2.17. The summed E-state index contributed by atoms with van der Waals surface area (Å²) in [6.45, 7) is 4.43. The van der Waals surface area contributed by atoms with E-state index in [1.54, 1.807) is 0 Å². The van der Waals surface area contributed by atoms with Gasteiger partial charge in [0.2, 0.25) is 0 Å². The lowest BCUT2D eigenvalue weighted by molar-refractivity contribution is -0.132. The molecule has 1 heterocycles. The van der Waals surface area contributed by atoms with Gasteiger partial charge in [0, 0.05) is 13.1 Å². The Kier molecular flexibility index (Phi) is 4.62. The van der Waals surface area contributed by atoms with Crippen LogP contribution in [0, 0.1) is 0 Å². The molecule has 0 saturated carbocycles. The molecule has 1 saturated heterocycles. The molecule has 1 aliphatic rings. The van der Waals surface area contributed by atoms with Crippen molar-refractivity contribution in [2.24, 2.45) is 0 Å². The molecule has 5 heteroatoms. The van der Waals surface area contributed by atoms with Crippen LogP contribution < -0.4 is 4.74 Å². The van der Waals surface area contributed by atoms with Crippen molar-refractivity contribution in [2.45, 2.75) is 32.0 Å². The van der Waals surface area contributed by atoms with Crippen LogP contribution in [-0.2, 0) is 4.79 Å². The first-order chi connectivity index (χ1) is 9.47. The fraction of sp³-hybridized carbons (Fsp3) is 0.533. The lowest BCUT2D eigenvalue weighted by Crippen LogP contribution is -2.33. The second-order valence-corrected chi connectivity index (χ2v) is 5.45. The summed E-state index contributed by atoms with van der Waals surface area (Å²) in [5.74, 6) is 0.832. The third kappa shape index (κ3) is 3.49. The van der Waals surface area contributed by atoms with Gasteiger partial charge >= 0.3 is 0 Å². The van der Waals surface area contributed by atoms with Crippen LogP contribution in [0.25, 0.3) is 0 Å². The molecular formula is C15H21NO4. The monoisotopic (exact) mass is 279 g/mol. The van der Waals surface area contributed by atoms with E-state index in [-0.39, 0.29) is 25.6 Å². The molecule has 20 heavy (non-hydrogen) atoms. The fourth-order valence-corrected chi connectivity index (χ4v) is 2.17. The van der Waals surface area contributed by atoms with Crippen LogP contribution in [0.3, 0.4) is 0 Å². The first-order valence-electron chi connectivity index (χ1n) is 6.84. The number of β-amino-alcohol motifs (C(OH)–C–C–N with tert-alkyl or cyclic N) is 2. The molecule has 2 atom stereocenters. The molecule has 2 N–H and O–H groups in total. The minimum absolute atomic E-state index is 0.0824. The molecule has 0 aromatic heterocycles. The van der Waals surface area contributed by atoms with Crippen LogP contribution in [0.2, 0.25) is 0 Å². The highest BCUT2D eigenvalue weighted by atomic mass is 16.5. The SMILES string of the molecule is CC(C)c1cccc(OCC(=O)N2C[C@@H](O)[C@@H](O)C2)c1. The van der Waals surface area contributed by atoms with E-state index in [1.165, 1.54) is 4.90 Å². The molecule has 1 aromatic rings. The number of hydrogen-bond acceptors (Lipinski definition) is 4. The van der Waals surface area contributed by atoms with Gasteiger partial charge in [0.1, 0.15) is 5.75 Å². The van der Waals surface area contributed by atoms with Gasteiger partial charge in [0.25, 0.3) is 5.91 Å². The number of ether oxygens (including phenoxy) is 1. The zero-order valence-electron chi connectivity index (χ0n) is 11.8. The first kappa shape index (κ1) is 14.8. The molecule has 110 valence electrons. The summed E-state index contributed by atoms with van der Waals surface area (Å²) >= 11 is 0. The second kappa shape index (κ2) is 6.24. The third-order valence-electron chi connectivity index (χ3n) is 3.50.